The Kier molecular flexibility index (Phi) is 6.29. The second-order valence-electron chi connectivity index (χ2n) is 8.56. The standard InChI is InChI=1S/C23H26ClFN6O2/c1-23(2,3)33-22(32)31(16-8-5-14(25)6-9-16)21-28-17-13-15(7-10-18(17)30(21)4)27-19-11-12-26-20(24)29-19/h5-13,20,22,27,29,32H,1-4H3. The maximum Gasteiger partial charge on any atom is 0.245 e. The highest BCUT2D eigenvalue weighted by molar-refractivity contribution is 6.21. The van der Waals surface area contributed by atoms with Crippen LogP contribution >= 0.6 is 11.6 Å². The Hall–Kier alpha value is -3.14. The predicted octanol–water partition coefficient (Wildman–Crippen LogP) is 4.39. The van der Waals surface area contributed by atoms with Crippen LogP contribution in [0.15, 0.2) is 59.4 Å². The number of aliphatic hydroxyl groups excluding tert-OH is 1. The number of benzene rings is 2. The highest BCUT2D eigenvalue weighted by Crippen LogP contribution is 2.32. The number of hydrogen-bond donors (Lipinski definition) is 3. The molecule has 2 unspecified atom stereocenters. The molecule has 1 aliphatic heterocycles. The Balaban J connectivity index is 1.72. The predicted molar refractivity (Wildman–Crippen MR) is 129 cm³/mol. The molecular weight excluding hydrogens is 447 g/mol. The maximum absolute atomic E-state index is 13.6. The summed E-state index contributed by atoms with van der Waals surface area (Å²) >= 11 is 6.00. The highest BCUT2D eigenvalue weighted by atomic mass is 35.5. The summed E-state index contributed by atoms with van der Waals surface area (Å²) in [6.07, 6.45) is 2.06. The van der Waals surface area contributed by atoms with Gasteiger partial charge in [0.15, 0.2) is 5.62 Å². The number of fused-ring (bicyclic) bond motifs is 1. The normalized spacial score (nSPS) is 16.9. The fourth-order valence-corrected chi connectivity index (χ4v) is 3.62. The fourth-order valence-electron chi connectivity index (χ4n) is 3.43. The molecule has 2 aromatic carbocycles. The molecule has 2 heterocycles. The number of alkyl halides is 1. The Labute approximate surface area is 196 Å². The number of ether oxygens (including phenoxy) is 1. The van der Waals surface area contributed by atoms with Crippen molar-refractivity contribution in [1.82, 2.24) is 14.9 Å². The van der Waals surface area contributed by atoms with E-state index in [0.29, 0.717) is 23.0 Å². The lowest BCUT2D eigenvalue weighted by Crippen LogP contribution is -2.40. The molecule has 2 atom stereocenters. The zero-order chi connectivity index (χ0) is 23.8. The van der Waals surface area contributed by atoms with Crippen LogP contribution in [0.2, 0.25) is 0 Å². The topological polar surface area (TPSA) is 86.9 Å². The fraction of sp³-hybridized carbons (Fsp3) is 0.304. The third kappa shape index (κ3) is 5.27. The zero-order valence-corrected chi connectivity index (χ0v) is 19.5. The summed E-state index contributed by atoms with van der Waals surface area (Å²) in [4.78, 5) is 10.3. The van der Waals surface area contributed by atoms with Crippen LogP contribution in [0, 0.1) is 5.82 Å². The number of anilines is 3. The number of aliphatic imine (C=N–C) groups is 1. The summed E-state index contributed by atoms with van der Waals surface area (Å²) < 4.78 is 21.2. The number of aliphatic hydroxyl groups is 1. The smallest absolute Gasteiger partial charge is 0.245 e. The minimum Gasteiger partial charge on any atom is -0.351 e. The van der Waals surface area contributed by atoms with E-state index < -0.39 is 17.6 Å². The van der Waals surface area contributed by atoms with Crippen molar-refractivity contribution in [2.24, 2.45) is 12.0 Å². The van der Waals surface area contributed by atoms with Crippen molar-refractivity contribution in [3.63, 3.8) is 0 Å². The highest BCUT2D eigenvalue weighted by Gasteiger charge is 2.28. The molecule has 0 saturated carbocycles. The number of nitrogens with zero attached hydrogens (tertiary/aromatic N) is 4. The van der Waals surface area contributed by atoms with Gasteiger partial charge in [-0.3, -0.25) is 9.89 Å². The number of aryl methyl sites for hydroxylation is 1. The van der Waals surface area contributed by atoms with Crippen LogP contribution in [-0.2, 0) is 11.8 Å². The van der Waals surface area contributed by atoms with E-state index in [9.17, 15) is 9.50 Å². The molecule has 0 fully saturated rings. The van der Waals surface area contributed by atoms with E-state index in [1.807, 2.05) is 50.6 Å². The lowest BCUT2D eigenvalue weighted by Gasteiger charge is -2.33. The number of aromatic nitrogens is 2. The van der Waals surface area contributed by atoms with Crippen LogP contribution < -0.4 is 15.5 Å². The molecule has 4 rings (SSSR count). The van der Waals surface area contributed by atoms with Crippen molar-refractivity contribution in [2.75, 3.05) is 10.2 Å². The van der Waals surface area contributed by atoms with Gasteiger partial charge in [0.25, 0.3) is 0 Å². The van der Waals surface area contributed by atoms with Crippen LogP contribution in [0.1, 0.15) is 20.8 Å². The van der Waals surface area contributed by atoms with Gasteiger partial charge >= 0.3 is 0 Å². The third-order valence-corrected chi connectivity index (χ3v) is 5.09. The van der Waals surface area contributed by atoms with Gasteiger partial charge in [0, 0.05) is 24.6 Å². The lowest BCUT2D eigenvalue weighted by molar-refractivity contribution is -0.160. The number of imidazole rings is 1. The summed E-state index contributed by atoms with van der Waals surface area (Å²) in [5.74, 6) is 0.774. The van der Waals surface area contributed by atoms with E-state index in [-0.39, 0.29) is 5.82 Å². The van der Waals surface area contributed by atoms with Crippen molar-refractivity contribution >= 4 is 46.2 Å². The van der Waals surface area contributed by atoms with E-state index in [1.165, 1.54) is 17.0 Å². The average molecular weight is 473 g/mol. The van der Waals surface area contributed by atoms with Crippen LogP contribution in [0.5, 0.6) is 0 Å². The van der Waals surface area contributed by atoms with Gasteiger partial charge in [-0.25, -0.2) is 9.37 Å². The van der Waals surface area contributed by atoms with Gasteiger partial charge in [0.05, 0.1) is 16.6 Å². The first-order valence-electron chi connectivity index (χ1n) is 10.4. The van der Waals surface area contributed by atoms with Crippen LogP contribution in [0.3, 0.4) is 0 Å². The van der Waals surface area contributed by atoms with Gasteiger partial charge < -0.3 is 25.0 Å². The number of allylic oxidation sites excluding steroid dienone is 1. The molecule has 0 bridgehead atoms. The summed E-state index contributed by atoms with van der Waals surface area (Å²) in [7, 11) is 1.85. The minimum atomic E-state index is -1.35. The van der Waals surface area contributed by atoms with Gasteiger partial charge in [0.1, 0.15) is 11.6 Å². The molecule has 1 aliphatic rings. The molecule has 0 saturated heterocycles. The van der Waals surface area contributed by atoms with E-state index >= 15 is 0 Å². The van der Waals surface area contributed by atoms with E-state index in [0.717, 1.165) is 11.2 Å². The molecule has 10 heteroatoms. The van der Waals surface area contributed by atoms with Crippen molar-refractivity contribution < 1.29 is 14.2 Å². The molecule has 1 aromatic heterocycles. The average Bonchev–Trinajstić information content (AvgIpc) is 3.04. The Morgan fingerprint density at radius 1 is 1.24 bits per heavy atom. The van der Waals surface area contributed by atoms with E-state index in [4.69, 9.17) is 21.3 Å². The summed E-state index contributed by atoms with van der Waals surface area (Å²) in [5.41, 5.74) is 1.71. The second kappa shape index (κ2) is 9.01. The molecule has 174 valence electrons. The van der Waals surface area contributed by atoms with Gasteiger partial charge in [0.2, 0.25) is 12.4 Å². The summed E-state index contributed by atoms with van der Waals surface area (Å²) in [6, 6.07) is 11.5. The van der Waals surface area contributed by atoms with Crippen LogP contribution in [-0.4, -0.2) is 38.5 Å². The Morgan fingerprint density at radius 3 is 2.64 bits per heavy atom. The summed E-state index contributed by atoms with van der Waals surface area (Å²) in [5, 5.41) is 17.2. The molecule has 0 radical (unpaired) electrons. The van der Waals surface area contributed by atoms with Crippen molar-refractivity contribution in [3.8, 4) is 0 Å². The molecule has 0 spiro atoms. The lowest BCUT2D eigenvalue weighted by atomic mass is 10.2. The quantitative estimate of drug-likeness (QED) is 0.280. The number of nitrogens with one attached hydrogen (secondary N) is 2. The number of rotatable bonds is 6. The van der Waals surface area contributed by atoms with Gasteiger partial charge in [-0.1, -0.05) is 11.6 Å². The SMILES string of the molecule is Cn1c(N(c2ccc(F)cc2)C(O)OC(C)(C)C)nc2cc(NC3=CC=NC(Cl)N3)ccc21. The first-order chi connectivity index (χ1) is 15.6. The van der Waals surface area contributed by atoms with Crippen LogP contribution in [0.4, 0.5) is 21.7 Å². The van der Waals surface area contributed by atoms with E-state index in [2.05, 4.69) is 15.6 Å². The van der Waals surface area contributed by atoms with Gasteiger partial charge in [-0.15, -0.1) is 0 Å². The molecule has 0 aliphatic carbocycles. The van der Waals surface area contributed by atoms with Crippen LogP contribution in [0.25, 0.3) is 11.0 Å². The first kappa shape index (κ1) is 23.0. The van der Waals surface area contributed by atoms with Crippen molar-refractivity contribution in [2.45, 2.75) is 38.4 Å². The Bertz CT molecular complexity index is 1200. The second-order valence-corrected chi connectivity index (χ2v) is 8.97. The minimum absolute atomic E-state index is 0.375. The molecule has 0 amide bonds. The van der Waals surface area contributed by atoms with Crippen molar-refractivity contribution in [3.05, 3.63) is 60.2 Å². The van der Waals surface area contributed by atoms with Gasteiger partial charge in [-0.2, -0.15) is 0 Å². The monoisotopic (exact) mass is 472 g/mol. The number of halogens is 2. The molecule has 8 nitrogen and oxygen atoms in total. The largest absolute Gasteiger partial charge is 0.351 e. The maximum atomic E-state index is 13.6. The number of hydrogen-bond acceptors (Lipinski definition) is 7. The molecule has 3 N–H and O–H groups in total. The zero-order valence-electron chi connectivity index (χ0n) is 18.8. The first-order valence-corrected chi connectivity index (χ1v) is 10.8. The van der Waals surface area contributed by atoms with Gasteiger partial charge in [-0.05, 0) is 69.3 Å². The van der Waals surface area contributed by atoms with E-state index in [1.54, 1.807) is 24.4 Å². The molecule has 3 aromatic rings. The molecular formula is C23H26ClFN6O2. The third-order valence-electron chi connectivity index (χ3n) is 4.87. The molecule has 33 heavy (non-hydrogen) atoms. The Morgan fingerprint density at radius 2 is 1.97 bits per heavy atom. The van der Waals surface area contributed by atoms with Crippen molar-refractivity contribution in [1.29, 1.82) is 0 Å². The summed E-state index contributed by atoms with van der Waals surface area (Å²) in [6.45, 7) is 5.53.